The van der Waals surface area contributed by atoms with E-state index in [1.165, 1.54) is 18.4 Å². The maximum Gasteiger partial charge on any atom is 0.350 e. The number of rotatable bonds is 6. The second kappa shape index (κ2) is 7.10. The van der Waals surface area contributed by atoms with Crippen molar-refractivity contribution in [3.63, 3.8) is 0 Å². The molecule has 3 N–H and O–H groups in total. The third-order valence-corrected chi connectivity index (χ3v) is 3.18. The zero-order valence-electron chi connectivity index (χ0n) is 10.3. The van der Waals surface area contributed by atoms with Crippen LogP contribution in [0.3, 0.4) is 0 Å². The lowest BCUT2D eigenvalue weighted by Gasteiger charge is -2.07. The third kappa shape index (κ3) is 3.80. The molecule has 1 amide bonds. The van der Waals surface area contributed by atoms with Gasteiger partial charge in [0.2, 0.25) is 5.91 Å². The normalized spacial score (nSPS) is 10.2. The van der Waals surface area contributed by atoms with E-state index in [1.807, 2.05) is 0 Å². The van der Waals surface area contributed by atoms with Gasteiger partial charge in [-0.25, -0.2) is 4.79 Å². The lowest BCUT2D eigenvalue weighted by Crippen LogP contribution is -2.21. The lowest BCUT2D eigenvalue weighted by molar-refractivity contribution is -0.120. The molecule has 0 spiro atoms. The summed E-state index contributed by atoms with van der Waals surface area (Å²) in [5.74, 6) is -0.790. The van der Waals surface area contributed by atoms with Gasteiger partial charge in [-0.1, -0.05) is 0 Å². The molecule has 0 bridgehead atoms. The molecule has 0 aliphatic rings. The number of thiophene rings is 1. The molecule has 18 heavy (non-hydrogen) atoms. The van der Waals surface area contributed by atoms with E-state index in [2.05, 4.69) is 10.1 Å². The van der Waals surface area contributed by atoms with E-state index in [4.69, 9.17) is 10.5 Å². The zero-order chi connectivity index (χ0) is 13.5. The summed E-state index contributed by atoms with van der Waals surface area (Å²) in [5.41, 5.74) is 6.53. The first kappa shape index (κ1) is 14.6. The number of hydrogen-bond acceptors (Lipinski definition) is 6. The Morgan fingerprint density at radius 2 is 2.22 bits per heavy atom. The highest BCUT2D eigenvalue weighted by molar-refractivity contribution is 7.12. The van der Waals surface area contributed by atoms with Crippen molar-refractivity contribution in [1.82, 2.24) is 0 Å². The van der Waals surface area contributed by atoms with Crippen LogP contribution in [-0.2, 0) is 14.3 Å². The van der Waals surface area contributed by atoms with Gasteiger partial charge in [0.15, 0.2) is 0 Å². The number of nitrogens with two attached hydrogens (primary N) is 1. The minimum absolute atomic E-state index is 0.0902. The van der Waals surface area contributed by atoms with Gasteiger partial charge in [0.05, 0.1) is 19.4 Å². The fourth-order valence-electron chi connectivity index (χ4n) is 1.27. The van der Waals surface area contributed by atoms with E-state index in [0.29, 0.717) is 23.7 Å². The smallest absolute Gasteiger partial charge is 0.350 e. The van der Waals surface area contributed by atoms with Crippen LogP contribution in [0.4, 0.5) is 5.69 Å². The van der Waals surface area contributed by atoms with E-state index in [-0.39, 0.29) is 12.5 Å². The second-order valence-corrected chi connectivity index (χ2v) is 4.38. The molecule has 0 fully saturated rings. The van der Waals surface area contributed by atoms with Crippen molar-refractivity contribution < 1.29 is 19.1 Å². The highest BCUT2D eigenvalue weighted by Gasteiger charge is 2.18. The van der Waals surface area contributed by atoms with E-state index < -0.39 is 5.97 Å². The topological polar surface area (TPSA) is 90.6 Å². The molecule has 0 saturated heterocycles. The van der Waals surface area contributed by atoms with E-state index in [0.717, 1.165) is 5.56 Å². The Labute approximate surface area is 109 Å². The Bertz CT molecular complexity index is 431. The van der Waals surface area contributed by atoms with Crippen LogP contribution < -0.4 is 11.1 Å². The number of aryl methyl sites for hydroxylation is 1. The molecule has 100 valence electrons. The van der Waals surface area contributed by atoms with Crippen LogP contribution in [0.1, 0.15) is 15.2 Å². The predicted molar refractivity (Wildman–Crippen MR) is 68.9 cm³/mol. The molecule has 1 aromatic heterocycles. The highest BCUT2D eigenvalue weighted by Crippen LogP contribution is 2.28. The molecule has 1 heterocycles. The molecule has 0 radical (unpaired) electrons. The summed E-state index contributed by atoms with van der Waals surface area (Å²) in [7, 11) is 1.30. The minimum atomic E-state index is -0.466. The van der Waals surface area contributed by atoms with Gasteiger partial charge in [-0.15, -0.1) is 11.3 Å². The molecule has 1 aromatic rings. The van der Waals surface area contributed by atoms with E-state index >= 15 is 0 Å². The first-order valence-corrected chi connectivity index (χ1v) is 6.22. The van der Waals surface area contributed by atoms with Gasteiger partial charge in [-0.3, -0.25) is 4.79 Å². The average Bonchev–Trinajstić information content (AvgIpc) is 2.71. The SMILES string of the molecule is COC(=O)c1scc(C)c1NC(=O)COCCN. The summed E-state index contributed by atoms with van der Waals surface area (Å²) in [6, 6.07) is 0. The first-order valence-electron chi connectivity index (χ1n) is 5.34. The van der Waals surface area contributed by atoms with Gasteiger partial charge in [-0.2, -0.15) is 0 Å². The molecule has 0 aliphatic heterocycles. The number of methoxy groups -OCH3 is 1. The summed E-state index contributed by atoms with van der Waals surface area (Å²) in [5, 5.41) is 4.42. The molecule has 0 unspecified atom stereocenters. The van der Waals surface area contributed by atoms with Crippen molar-refractivity contribution in [2.75, 3.05) is 32.2 Å². The maximum absolute atomic E-state index is 11.6. The Hall–Kier alpha value is -1.44. The third-order valence-electron chi connectivity index (χ3n) is 2.11. The number of carbonyl (C=O) groups excluding carboxylic acids is 2. The van der Waals surface area contributed by atoms with Crippen molar-refractivity contribution in [2.45, 2.75) is 6.92 Å². The van der Waals surface area contributed by atoms with Gasteiger partial charge in [0, 0.05) is 6.54 Å². The number of nitrogens with one attached hydrogen (secondary N) is 1. The zero-order valence-corrected chi connectivity index (χ0v) is 11.1. The van der Waals surface area contributed by atoms with Crippen molar-refractivity contribution in [1.29, 1.82) is 0 Å². The Balaban J connectivity index is 2.68. The number of carbonyl (C=O) groups is 2. The average molecular weight is 272 g/mol. The standard InChI is InChI=1S/C11H16N2O4S/c1-7-6-18-10(11(15)16-2)9(7)13-8(14)5-17-4-3-12/h6H,3-5,12H2,1-2H3,(H,13,14). The lowest BCUT2D eigenvalue weighted by atomic mass is 10.2. The monoisotopic (exact) mass is 272 g/mol. The number of ether oxygens (including phenoxy) is 2. The fraction of sp³-hybridized carbons (Fsp3) is 0.455. The quantitative estimate of drug-likeness (QED) is 0.589. The molecule has 7 heteroatoms. The van der Waals surface area contributed by atoms with Crippen LogP contribution in [-0.4, -0.2) is 38.7 Å². The largest absolute Gasteiger partial charge is 0.465 e. The van der Waals surface area contributed by atoms with Crippen LogP contribution in [0.15, 0.2) is 5.38 Å². The molecule has 6 nitrogen and oxygen atoms in total. The molecular formula is C11H16N2O4S. The Morgan fingerprint density at radius 3 is 2.83 bits per heavy atom. The molecule has 0 saturated carbocycles. The second-order valence-electron chi connectivity index (χ2n) is 3.50. The van der Waals surface area contributed by atoms with Crippen LogP contribution in [0.2, 0.25) is 0 Å². The van der Waals surface area contributed by atoms with Crippen molar-refractivity contribution in [2.24, 2.45) is 5.73 Å². The number of esters is 1. The van der Waals surface area contributed by atoms with Crippen molar-refractivity contribution >= 4 is 28.9 Å². The highest BCUT2D eigenvalue weighted by atomic mass is 32.1. The van der Waals surface area contributed by atoms with E-state index in [9.17, 15) is 9.59 Å². The Kier molecular flexibility index (Phi) is 5.76. The summed E-state index contributed by atoms with van der Waals surface area (Å²) in [6.45, 7) is 2.39. The van der Waals surface area contributed by atoms with Gasteiger partial charge in [0.25, 0.3) is 0 Å². The van der Waals surface area contributed by atoms with Crippen molar-refractivity contribution in [3.05, 3.63) is 15.8 Å². The van der Waals surface area contributed by atoms with Gasteiger partial charge in [0.1, 0.15) is 11.5 Å². The predicted octanol–water partition coefficient (Wildman–Crippen LogP) is 0.757. The molecular weight excluding hydrogens is 256 g/mol. The summed E-state index contributed by atoms with van der Waals surface area (Å²) >= 11 is 1.23. The van der Waals surface area contributed by atoms with E-state index in [1.54, 1.807) is 12.3 Å². The van der Waals surface area contributed by atoms with Gasteiger partial charge in [-0.05, 0) is 17.9 Å². The Morgan fingerprint density at radius 1 is 1.50 bits per heavy atom. The van der Waals surface area contributed by atoms with Crippen LogP contribution in [0.5, 0.6) is 0 Å². The molecule has 0 aromatic carbocycles. The first-order chi connectivity index (χ1) is 8.60. The van der Waals surface area contributed by atoms with Crippen LogP contribution >= 0.6 is 11.3 Å². The van der Waals surface area contributed by atoms with Gasteiger partial charge < -0.3 is 20.5 Å². The van der Waals surface area contributed by atoms with Crippen LogP contribution in [0, 0.1) is 6.92 Å². The number of amides is 1. The molecule has 0 aliphatic carbocycles. The minimum Gasteiger partial charge on any atom is -0.465 e. The molecule has 1 rings (SSSR count). The van der Waals surface area contributed by atoms with Gasteiger partial charge >= 0.3 is 5.97 Å². The maximum atomic E-state index is 11.6. The number of anilines is 1. The fourth-order valence-corrected chi connectivity index (χ4v) is 2.19. The van der Waals surface area contributed by atoms with Crippen LogP contribution in [0.25, 0.3) is 0 Å². The molecule has 0 atom stereocenters. The number of hydrogen-bond donors (Lipinski definition) is 2. The van der Waals surface area contributed by atoms with Crippen molar-refractivity contribution in [3.8, 4) is 0 Å². The summed E-state index contributed by atoms with van der Waals surface area (Å²) in [4.78, 5) is 23.4. The summed E-state index contributed by atoms with van der Waals surface area (Å²) < 4.78 is 9.65. The summed E-state index contributed by atoms with van der Waals surface area (Å²) in [6.07, 6.45) is 0.